The van der Waals surface area contributed by atoms with E-state index in [4.69, 9.17) is 0 Å². The normalized spacial score (nSPS) is 15.7. The van der Waals surface area contributed by atoms with Crippen LogP contribution in [0.1, 0.15) is 0 Å². The molecule has 1 aliphatic heterocycles. The first-order chi connectivity index (χ1) is 9.27. The summed E-state index contributed by atoms with van der Waals surface area (Å²) in [7, 11) is 0. The molecule has 19 heavy (non-hydrogen) atoms. The van der Waals surface area contributed by atoms with Crippen molar-refractivity contribution >= 4 is 22.3 Å². The van der Waals surface area contributed by atoms with Crippen molar-refractivity contribution in [3.8, 4) is 0 Å². The third-order valence-corrected chi connectivity index (χ3v) is 3.38. The molecule has 98 valence electrons. The second kappa shape index (κ2) is 4.81. The van der Waals surface area contributed by atoms with E-state index in [1.54, 1.807) is 12.3 Å². The third-order valence-electron chi connectivity index (χ3n) is 3.38. The van der Waals surface area contributed by atoms with Crippen LogP contribution in [0.15, 0.2) is 30.5 Å². The van der Waals surface area contributed by atoms with Crippen LogP contribution in [-0.4, -0.2) is 36.1 Å². The van der Waals surface area contributed by atoms with Crippen LogP contribution in [0, 0.1) is 10.1 Å². The van der Waals surface area contributed by atoms with Crippen molar-refractivity contribution < 1.29 is 4.92 Å². The Labute approximate surface area is 110 Å². The molecule has 2 heterocycles. The summed E-state index contributed by atoms with van der Waals surface area (Å²) < 4.78 is 0. The minimum Gasteiger partial charge on any atom is -0.368 e. The maximum Gasteiger partial charge on any atom is 0.295 e. The van der Waals surface area contributed by atoms with E-state index >= 15 is 0 Å². The molecule has 0 unspecified atom stereocenters. The molecule has 0 saturated carbocycles. The average molecular weight is 258 g/mol. The number of para-hydroxylation sites is 1. The molecule has 0 amide bonds. The number of nitro groups is 1. The smallest absolute Gasteiger partial charge is 0.295 e. The van der Waals surface area contributed by atoms with Crippen molar-refractivity contribution in [3.05, 3.63) is 40.6 Å². The molecule has 6 nitrogen and oxygen atoms in total. The van der Waals surface area contributed by atoms with Crippen molar-refractivity contribution in [3.63, 3.8) is 0 Å². The Morgan fingerprint density at radius 2 is 2.05 bits per heavy atom. The van der Waals surface area contributed by atoms with Crippen LogP contribution in [-0.2, 0) is 0 Å². The number of rotatable bonds is 2. The molecular formula is C13H14N4O2. The van der Waals surface area contributed by atoms with Crippen LogP contribution in [0.5, 0.6) is 0 Å². The van der Waals surface area contributed by atoms with Crippen LogP contribution >= 0.6 is 0 Å². The van der Waals surface area contributed by atoms with Crippen LogP contribution < -0.4 is 10.2 Å². The Balaban J connectivity index is 2.15. The number of non-ortho nitro benzene ring substituents is 1. The van der Waals surface area contributed by atoms with E-state index in [1.165, 1.54) is 6.07 Å². The van der Waals surface area contributed by atoms with Crippen molar-refractivity contribution in [1.82, 2.24) is 10.3 Å². The molecule has 2 aromatic rings. The number of fused-ring (bicyclic) bond motifs is 1. The van der Waals surface area contributed by atoms with Gasteiger partial charge in [0.05, 0.1) is 4.92 Å². The predicted octanol–water partition coefficient (Wildman–Crippen LogP) is 1.55. The molecular weight excluding hydrogens is 244 g/mol. The number of nitrogens with zero attached hydrogens (tertiary/aromatic N) is 3. The van der Waals surface area contributed by atoms with Crippen LogP contribution in [0.3, 0.4) is 0 Å². The van der Waals surface area contributed by atoms with Crippen molar-refractivity contribution in [2.75, 3.05) is 31.1 Å². The number of nitro benzene ring substituents is 1. The molecule has 1 aliphatic rings. The molecule has 6 heteroatoms. The van der Waals surface area contributed by atoms with E-state index in [-0.39, 0.29) is 10.6 Å². The lowest BCUT2D eigenvalue weighted by atomic mass is 10.1. The Morgan fingerprint density at radius 1 is 1.26 bits per heavy atom. The second-order valence-corrected chi connectivity index (χ2v) is 4.50. The minimum atomic E-state index is -0.378. The van der Waals surface area contributed by atoms with Gasteiger partial charge in [-0.05, 0) is 6.07 Å². The fourth-order valence-corrected chi connectivity index (χ4v) is 2.47. The first kappa shape index (κ1) is 11.9. The largest absolute Gasteiger partial charge is 0.368 e. The average Bonchev–Trinajstić information content (AvgIpc) is 2.46. The highest BCUT2D eigenvalue weighted by Gasteiger charge is 2.18. The summed E-state index contributed by atoms with van der Waals surface area (Å²) in [6.45, 7) is 3.67. The molecule has 0 radical (unpaired) electrons. The van der Waals surface area contributed by atoms with Gasteiger partial charge in [-0.25, -0.2) is 4.98 Å². The van der Waals surface area contributed by atoms with E-state index in [0.717, 1.165) is 37.3 Å². The highest BCUT2D eigenvalue weighted by molar-refractivity contribution is 5.96. The lowest BCUT2D eigenvalue weighted by Gasteiger charge is -2.30. The third kappa shape index (κ3) is 2.10. The molecule has 1 saturated heterocycles. The van der Waals surface area contributed by atoms with Gasteiger partial charge in [-0.2, -0.15) is 0 Å². The van der Waals surface area contributed by atoms with Gasteiger partial charge in [0.2, 0.25) is 0 Å². The second-order valence-electron chi connectivity index (χ2n) is 4.50. The topological polar surface area (TPSA) is 71.3 Å². The number of hydrogen-bond acceptors (Lipinski definition) is 5. The predicted molar refractivity (Wildman–Crippen MR) is 73.5 cm³/mol. The monoisotopic (exact) mass is 258 g/mol. The molecule has 1 N–H and O–H groups in total. The van der Waals surface area contributed by atoms with Gasteiger partial charge in [-0.3, -0.25) is 10.1 Å². The van der Waals surface area contributed by atoms with Gasteiger partial charge in [0.25, 0.3) is 5.69 Å². The van der Waals surface area contributed by atoms with Gasteiger partial charge in [0.1, 0.15) is 5.52 Å². The fourth-order valence-electron chi connectivity index (χ4n) is 2.47. The Kier molecular flexibility index (Phi) is 3.00. The first-order valence-corrected chi connectivity index (χ1v) is 6.25. The van der Waals surface area contributed by atoms with Crippen LogP contribution in [0.2, 0.25) is 0 Å². The van der Waals surface area contributed by atoms with E-state index in [9.17, 15) is 10.1 Å². The summed E-state index contributed by atoms with van der Waals surface area (Å²) in [5.41, 5.74) is 1.55. The standard InChI is InChI=1S/C13H14N4O2/c18-17(19)12-3-1-2-10-11(4-5-15-13(10)12)16-8-6-14-7-9-16/h1-5,14H,6-9H2. The number of hydrogen-bond donors (Lipinski definition) is 1. The SMILES string of the molecule is O=[N+]([O-])c1cccc2c(N3CCNCC3)ccnc12. The summed E-state index contributed by atoms with van der Waals surface area (Å²) in [6, 6.07) is 7.04. The summed E-state index contributed by atoms with van der Waals surface area (Å²) in [4.78, 5) is 17.1. The maximum absolute atomic E-state index is 11.0. The van der Waals surface area contributed by atoms with Gasteiger partial charge in [-0.1, -0.05) is 12.1 Å². The molecule has 0 spiro atoms. The van der Waals surface area contributed by atoms with Gasteiger partial charge in [0.15, 0.2) is 0 Å². The number of piperazine rings is 1. The Bertz CT molecular complexity index is 623. The first-order valence-electron chi connectivity index (χ1n) is 6.25. The molecule has 0 bridgehead atoms. The molecule has 1 aromatic heterocycles. The van der Waals surface area contributed by atoms with E-state index < -0.39 is 0 Å². The van der Waals surface area contributed by atoms with Crippen LogP contribution in [0.25, 0.3) is 10.9 Å². The van der Waals surface area contributed by atoms with Crippen molar-refractivity contribution in [2.45, 2.75) is 0 Å². The highest BCUT2D eigenvalue weighted by Crippen LogP contribution is 2.30. The molecule has 0 atom stereocenters. The highest BCUT2D eigenvalue weighted by atomic mass is 16.6. The number of anilines is 1. The van der Waals surface area contributed by atoms with Crippen LogP contribution in [0.4, 0.5) is 11.4 Å². The van der Waals surface area contributed by atoms with E-state index in [1.807, 2.05) is 12.1 Å². The fraction of sp³-hybridized carbons (Fsp3) is 0.308. The summed E-state index contributed by atoms with van der Waals surface area (Å²) >= 11 is 0. The number of benzene rings is 1. The van der Waals surface area contributed by atoms with Crippen molar-refractivity contribution in [1.29, 1.82) is 0 Å². The number of nitrogens with one attached hydrogen (secondary N) is 1. The zero-order valence-electron chi connectivity index (χ0n) is 10.4. The quantitative estimate of drug-likeness (QED) is 0.653. The van der Waals surface area contributed by atoms with Gasteiger partial charge >= 0.3 is 0 Å². The zero-order chi connectivity index (χ0) is 13.2. The number of pyridine rings is 1. The van der Waals surface area contributed by atoms with Gasteiger partial charge in [-0.15, -0.1) is 0 Å². The lowest BCUT2D eigenvalue weighted by molar-refractivity contribution is -0.383. The van der Waals surface area contributed by atoms with Crippen molar-refractivity contribution in [2.24, 2.45) is 0 Å². The molecule has 3 rings (SSSR count). The van der Waals surface area contributed by atoms with Gasteiger partial charge in [0, 0.05) is 49.5 Å². The van der Waals surface area contributed by atoms with Gasteiger partial charge < -0.3 is 10.2 Å². The molecule has 0 aliphatic carbocycles. The lowest BCUT2D eigenvalue weighted by Crippen LogP contribution is -2.43. The summed E-state index contributed by atoms with van der Waals surface area (Å²) in [5.74, 6) is 0. The zero-order valence-corrected chi connectivity index (χ0v) is 10.4. The maximum atomic E-state index is 11.0. The van der Waals surface area contributed by atoms with E-state index in [2.05, 4.69) is 15.2 Å². The minimum absolute atomic E-state index is 0.0643. The summed E-state index contributed by atoms with van der Waals surface area (Å²) in [6.07, 6.45) is 1.65. The molecule has 1 fully saturated rings. The Hall–Kier alpha value is -2.21. The Morgan fingerprint density at radius 3 is 2.79 bits per heavy atom. The summed E-state index contributed by atoms with van der Waals surface area (Å²) in [5, 5.41) is 15.2. The number of aromatic nitrogens is 1. The van der Waals surface area contributed by atoms with E-state index in [0.29, 0.717) is 5.52 Å². The molecule has 1 aromatic carbocycles.